The molecule has 1 aliphatic heterocycles. The lowest BCUT2D eigenvalue weighted by Gasteiger charge is -2.32. The van der Waals surface area contributed by atoms with Gasteiger partial charge in [0.1, 0.15) is 0 Å². The molecule has 1 heterocycles. The van der Waals surface area contributed by atoms with Crippen molar-refractivity contribution >= 4 is 11.8 Å². The summed E-state index contributed by atoms with van der Waals surface area (Å²) in [5.74, 6) is 0.179. The van der Waals surface area contributed by atoms with E-state index in [4.69, 9.17) is 0 Å². The highest BCUT2D eigenvalue weighted by Crippen LogP contribution is 2.16. The van der Waals surface area contributed by atoms with E-state index >= 15 is 0 Å². The van der Waals surface area contributed by atoms with Crippen molar-refractivity contribution in [3.8, 4) is 0 Å². The van der Waals surface area contributed by atoms with E-state index < -0.39 is 0 Å². The van der Waals surface area contributed by atoms with Crippen molar-refractivity contribution in [1.82, 2.24) is 15.1 Å². The van der Waals surface area contributed by atoms with E-state index in [9.17, 15) is 9.59 Å². The van der Waals surface area contributed by atoms with Crippen LogP contribution in [-0.2, 0) is 17.8 Å². The van der Waals surface area contributed by atoms with Crippen LogP contribution in [0.2, 0.25) is 0 Å². The first kappa shape index (κ1) is 24.0. The average Bonchev–Trinajstić information content (AvgIpc) is 2.82. The molecular weight excluding hydrogens is 398 g/mol. The molecule has 0 radical (unpaired) electrons. The third-order valence-corrected chi connectivity index (χ3v) is 6.35. The highest BCUT2D eigenvalue weighted by atomic mass is 16.2. The maximum Gasteiger partial charge on any atom is 0.253 e. The highest BCUT2D eigenvalue weighted by Gasteiger charge is 2.24. The number of benzene rings is 2. The smallest absolute Gasteiger partial charge is 0.253 e. The predicted octanol–water partition coefficient (Wildman–Crippen LogP) is 4.27. The van der Waals surface area contributed by atoms with E-state index in [1.165, 1.54) is 11.1 Å². The zero-order valence-electron chi connectivity index (χ0n) is 19.7. The first-order valence-electron chi connectivity index (χ1n) is 11.9. The van der Waals surface area contributed by atoms with Gasteiger partial charge in [-0.25, -0.2) is 0 Å². The lowest BCUT2D eigenvalue weighted by Crippen LogP contribution is -2.46. The molecule has 1 fully saturated rings. The molecule has 172 valence electrons. The topological polar surface area (TPSA) is 52.7 Å². The molecule has 32 heavy (non-hydrogen) atoms. The number of hydrogen-bond donors (Lipinski definition) is 1. The lowest BCUT2D eigenvalue weighted by atomic mass is 10.0. The Morgan fingerprint density at radius 2 is 1.66 bits per heavy atom. The Kier molecular flexibility index (Phi) is 8.86. The van der Waals surface area contributed by atoms with Crippen LogP contribution in [0.1, 0.15) is 61.5 Å². The molecule has 0 aromatic heterocycles. The van der Waals surface area contributed by atoms with Gasteiger partial charge in [-0.1, -0.05) is 49.4 Å². The third-order valence-electron chi connectivity index (χ3n) is 6.35. The molecule has 1 aliphatic rings. The standard InChI is InChI=1S/C27H37N3O2/c1-4-29(21(2)3)20-23-10-13-24(14-11-23)27(32)30-18-16-25(17-19-30)28-26(31)15-12-22-8-6-5-7-9-22/h5-11,13-14,21,25H,4,12,15-20H2,1-3H3,(H,28,31). The fourth-order valence-electron chi connectivity index (χ4n) is 4.26. The molecule has 3 rings (SSSR count). The molecule has 2 aromatic rings. The number of likely N-dealkylation sites (tertiary alicyclic amines) is 1. The monoisotopic (exact) mass is 435 g/mol. The van der Waals surface area contributed by atoms with Gasteiger partial charge in [-0.2, -0.15) is 0 Å². The van der Waals surface area contributed by atoms with Crippen LogP contribution >= 0.6 is 0 Å². The largest absolute Gasteiger partial charge is 0.353 e. The second kappa shape index (κ2) is 11.8. The van der Waals surface area contributed by atoms with Crippen molar-refractivity contribution in [2.24, 2.45) is 0 Å². The first-order valence-corrected chi connectivity index (χ1v) is 11.9. The van der Waals surface area contributed by atoms with Gasteiger partial charge in [0, 0.05) is 43.7 Å². The van der Waals surface area contributed by atoms with Crippen molar-refractivity contribution < 1.29 is 9.59 Å². The SMILES string of the molecule is CCN(Cc1ccc(C(=O)N2CCC(NC(=O)CCc3ccccc3)CC2)cc1)C(C)C. The van der Waals surface area contributed by atoms with Gasteiger partial charge in [-0.3, -0.25) is 14.5 Å². The molecule has 0 spiro atoms. The summed E-state index contributed by atoms with van der Waals surface area (Å²) in [6.07, 6.45) is 2.87. The van der Waals surface area contributed by atoms with E-state index in [1.54, 1.807) is 0 Å². The zero-order chi connectivity index (χ0) is 22.9. The Bertz CT molecular complexity index is 856. The summed E-state index contributed by atoms with van der Waals surface area (Å²) in [5, 5.41) is 3.15. The Balaban J connectivity index is 1.43. The summed E-state index contributed by atoms with van der Waals surface area (Å²) < 4.78 is 0. The number of nitrogens with zero attached hydrogens (tertiary/aromatic N) is 2. The number of nitrogens with one attached hydrogen (secondary N) is 1. The molecule has 2 amide bonds. The van der Waals surface area contributed by atoms with Gasteiger partial charge < -0.3 is 10.2 Å². The minimum atomic E-state index is 0.0848. The Labute approximate surface area is 192 Å². The Morgan fingerprint density at radius 3 is 2.25 bits per heavy atom. The number of carbonyl (C=O) groups excluding carboxylic acids is 2. The molecule has 1 saturated heterocycles. The molecule has 0 saturated carbocycles. The van der Waals surface area contributed by atoms with Gasteiger partial charge in [0.25, 0.3) is 5.91 Å². The molecule has 1 N–H and O–H groups in total. The van der Waals surface area contributed by atoms with Gasteiger partial charge in [-0.05, 0) is 62.9 Å². The van der Waals surface area contributed by atoms with Gasteiger partial charge in [-0.15, -0.1) is 0 Å². The fourth-order valence-corrected chi connectivity index (χ4v) is 4.26. The van der Waals surface area contributed by atoms with Crippen molar-refractivity contribution in [1.29, 1.82) is 0 Å². The number of rotatable bonds is 9. The number of amides is 2. The van der Waals surface area contributed by atoms with E-state index in [0.29, 0.717) is 25.6 Å². The summed E-state index contributed by atoms with van der Waals surface area (Å²) in [4.78, 5) is 29.5. The normalized spacial score (nSPS) is 14.7. The van der Waals surface area contributed by atoms with Crippen molar-refractivity contribution in [2.45, 2.75) is 65.1 Å². The second-order valence-electron chi connectivity index (χ2n) is 8.97. The third kappa shape index (κ3) is 6.92. The van der Waals surface area contributed by atoms with Crippen LogP contribution in [0, 0.1) is 0 Å². The van der Waals surface area contributed by atoms with Crippen LogP contribution in [0.15, 0.2) is 54.6 Å². The minimum Gasteiger partial charge on any atom is -0.353 e. The van der Waals surface area contributed by atoms with E-state index in [1.807, 2.05) is 47.4 Å². The van der Waals surface area contributed by atoms with Gasteiger partial charge in [0.15, 0.2) is 0 Å². The maximum absolute atomic E-state index is 12.9. The molecule has 0 bridgehead atoms. The minimum absolute atomic E-state index is 0.0848. The van der Waals surface area contributed by atoms with E-state index in [2.05, 4.69) is 43.1 Å². The zero-order valence-corrected chi connectivity index (χ0v) is 19.7. The molecule has 2 aromatic carbocycles. The summed E-state index contributed by atoms with van der Waals surface area (Å²) in [6.45, 7) is 9.86. The quantitative estimate of drug-likeness (QED) is 0.640. The van der Waals surface area contributed by atoms with Crippen LogP contribution in [0.5, 0.6) is 0 Å². The second-order valence-corrected chi connectivity index (χ2v) is 8.97. The first-order chi connectivity index (χ1) is 15.5. The average molecular weight is 436 g/mol. The number of hydrogen-bond acceptors (Lipinski definition) is 3. The summed E-state index contributed by atoms with van der Waals surface area (Å²) in [5.41, 5.74) is 3.15. The van der Waals surface area contributed by atoms with Crippen molar-refractivity contribution in [2.75, 3.05) is 19.6 Å². The van der Waals surface area contributed by atoms with Crippen molar-refractivity contribution in [3.63, 3.8) is 0 Å². The Hall–Kier alpha value is -2.66. The molecule has 5 heteroatoms. The molecular formula is C27H37N3O2. The van der Waals surface area contributed by atoms with Crippen molar-refractivity contribution in [3.05, 3.63) is 71.3 Å². The number of piperidine rings is 1. The van der Waals surface area contributed by atoms with E-state index in [0.717, 1.165) is 37.9 Å². The molecule has 5 nitrogen and oxygen atoms in total. The van der Waals surface area contributed by atoms with Gasteiger partial charge in [0.05, 0.1) is 0 Å². The van der Waals surface area contributed by atoms with Crippen LogP contribution in [0.3, 0.4) is 0 Å². The fraction of sp³-hybridized carbons (Fsp3) is 0.481. The van der Waals surface area contributed by atoms with Crippen LogP contribution < -0.4 is 5.32 Å². The number of aryl methyl sites for hydroxylation is 1. The van der Waals surface area contributed by atoms with Crippen LogP contribution in [0.25, 0.3) is 0 Å². The number of carbonyl (C=O) groups is 2. The van der Waals surface area contributed by atoms with Gasteiger partial charge in [0.2, 0.25) is 5.91 Å². The lowest BCUT2D eigenvalue weighted by molar-refractivity contribution is -0.122. The van der Waals surface area contributed by atoms with E-state index in [-0.39, 0.29) is 17.9 Å². The summed E-state index contributed by atoms with van der Waals surface area (Å²) in [7, 11) is 0. The Morgan fingerprint density at radius 1 is 1.00 bits per heavy atom. The molecule has 0 aliphatic carbocycles. The van der Waals surface area contributed by atoms with Crippen LogP contribution in [-0.4, -0.2) is 53.3 Å². The highest BCUT2D eigenvalue weighted by molar-refractivity contribution is 5.94. The predicted molar refractivity (Wildman–Crippen MR) is 129 cm³/mol. The summed E-state index contributed by atoms with van der Waals surface area (Å²) in [6, 6.07) is 18.8. The van der Waals surface area contributed by atoms with Gasteiger partial charge >= 0.3 is 0 Å². The molecule has 0 unspecified atom stereocenters. The molecule has 0 atom stereocenters. The summed E-state index contributed by atoms with van der Waals surface area (Å²) >= 11 is 0. The maximum atomic E-state index is 12.9. The van der Waals surface area contributed by atoms with Crippen LogP contribution in [0.4, 0.5) is 0 Å².